The van der Waals surface area contributed by atoms with Crippen molar-refractivity contribution in [2.75, 3.05) is 19.6 Å². The number of benzene rings is 1. The molecule has 1 amide bonds. The van der Waals surface area contributed by atoms with E-state index in [2.05, 4.69) is 35.0 Å². The van der Waals surface area contributed by atoms with Gasteiger partial charge in [-0.15, -0.1) is 11.3 Å². The maximum absolute atomic E-state index is 11.7. The van der Waals surface area contributed by atoms with Crippen LogP contribution in [0.25, 0.3) is 10.1 Å². The summed E-state index contributed by atoms with van der Waals surface area (Å²) in [7, 11) is 0. The van der Waals surface area contributed by atoms with Crippen molar-refractivity contribution in [3.8, 4) is 0 Å². The van der Waals surface area contributed by atoms with E-state index in [0.29, 0.717) is 6.54 Å². The molecule has 4 heteroatoms. The number of hydrogen-bond donors (Lipinski definition) is 1. The topological polar surface area (TPSA) is 32.3 Å². The van der Waals surface area contributed by atoms with E-state index < -0.39 is 0 Å². The van der Waals surface area contributed by atoms with Crippen molar-refractivity contribution < 1.29 is 4.79 Å². The molecule has 1 saturated heterocycles. The standard InChI is InChI=1S/C13H14N2OS/c16-13-7-14-5-6-15(13)8-10-9-17-12-4-2-1-3-11(10)12/h1-4,9,14H,5-8H2. The first-order valence-electron chi connectivity index (χ1n) is 5.78. The summed E-state index contributed by atoms with van der Waals surface area (Å²) in [5.41, 5.74) is 1.26. The van der Waals surface area contributed by atoms with Gasteiger partial charge in [0.15, 0.2) is 0 Å². The van der Waals surface area contributed by atoms with Gasteiger partial charge in [0.25, 0.3) is 0 Å². The molecule has 0 spiro atoms. The number of thiophene rings is 1. The first-order chi connectivity index (χ1) is 8.34. The largest absolute Gasteiger partial charge is 0.336 e. The minimum atomic E-state index is 0.200. The van der Waals surface area contributed by atoms with E-state index >= 15 is 0 Å². The highest BCUT2D eigenvalue weighted by Gasteiger charge is 2.18. The van der Waals surface area contributed by atoms with Gasteiger partial charge in [0, 0.05) is 24.3 Å². The molecule has 1 fully saturated rings. The fraction of sp³-hybridized carbons (Fsp3) is 0.308. The Morgan fingerprint density at radius 3 is 3.12 bits per heavy atom. The third-order valence-electron chi connectivity index (χ3n) is 3.11. The molecule has 1 aliphatic rings. The Balaban J connectivity index is 1.87. The molecule has 1 N–H and O–H groups in total. The molecule has 0 bridgehead atoms. The third-order valence-corrected chi connectivity index (χ3v) is 4.12. The Bertz CT molecular complexity index is 549. The second kappa shape index (κ2) is 4.47. The normalized spacial score (nSPS) is 16.7. The van der Waals surface area contributed by atoms with Gasteiger partial charge in [-0.2, -0.15) is 0 Å². The summed E-state index contributed by atoms with van der Waals surface area (Å²) in [5, 5.41) is 6.54. The second-order valence-corrected chi connectivity index (χ2v) is 5.16. The molecule has 0 saturated carbocycles. The number of carbonyl (C=O) groups is 1. The molecule has 0 aliphatic carbocycles. The average Bonchev–Trinajstić information content (AvgIpc) is 2.76. The maximum atomic E-state index is 11.7. The number of fused-ring (bicyclic) bond motifs is 1. The van der Waals surface area contributed by atoms with E-state index in [1.165, 1.54) is 15.6 Å². The van der Waals surface area contributed by atoms with Gasteiger partial charge in [0.1, 0.15) is 0 Å². The van der Waals surface area contributed by atoms with Gasteiger partial charge >= 0.3 is 0 Å². The zero-order valence-electron chi connectivity index (χ0n) is 9.48. The van der Waals surface area contributed by atoms with E-state index in [1.54, 1.807) is 11.3 Å². The third kappa shape index (κ3) is 2.06. The summed E-state index contributed by atoms with van der Waals surface area (Å²) < 4.78 is 1.30. The van der Waals surface area contributed by atoms with Gasteiger partial charge in [-0.05, 0) is 22.4 Å². The van der Waals surface area contributed by atoms with Crippen LogP contribution in [0, 0.1) is 0 Å². The zero-order chi connectivity index (χ0) is 11.7. The summed E-state index contributed by atoms with van der Waals surface area (Å²) in [4.78, 5) is 13.7. The SMILES string of the molecule is O=C1CNCCN1Cc1csc2ccccc12. The number of carbonyl (C=O) groups excluding carboxylic acids is 1. The Labute approximate surface area is 104 Å². The van der Waals surface area contributed by atoms with Crippen LogP contribution in [0.5, 0.6) is 0 Å². The Hall–Kier alpha value is -1.39. The van der Waals surface area contributed by atoms with Crippen molar-refractivity contribution in [1.82, 2.24) is 10.2 Å². The number of amides is 1. The molecular weight excluding hydrogens is 232 g/mol. The van der Waals surface area contributed by atoms with Crippen LogP contribution in [0.1, 0.15) is 5.56 Å². The van der Waals surface area contributed by atoms with Crippen molar-refractivity contribution in [2.45, 2.75) is 6.54 Å². The molecule has 88 valence electrons. The van der Waals surface area contributed by atoms with Crippen LogP contribution in [-0.2, 0) is 11.3 Å². The van der Waals surface area contributed by atoms with E-state index in [0.717, 1.165) is 19.6 Å². The molecule has 0 unspecified atom stereocenters. The van der Waals surface area contributed by atoms with Gasteiger partial charge in [-0.25, -0.2) is 0 Å². The predicted molar refractivity (Wildman–Crippen MR) is 70.1 cm³/mol. The molecule has 17 heavy (non-hydrogen) atoms. The Morgan fingerprint density at radius 1 is 1.35 bits per heavy atom. The Morgan fingerprint density at radius 2 is 2.24 bits per heavy atom. The fourth-order valence-electron chi connectivity index (χ4n) is 2.17. The van der Waals surface area contributed by atoms with Crippen LogP contribution in [-0.4, -0.2) is 30.4 Å². The molecule has 2 heterocycles. The lowest BCUT2D eigenvalue weighted by atomic mass is 10.1. The van der Waals surface area contributed by atoms with Gasteiger partial charge < -0.3 is 10.2 Å². The Kier molecular flexibility index (Phi) is 2.82. The van der Waals surface area contributed by atoms with Crippen LogP contribution in [0.3, 0.4) is 0 Å². The van der Waals surface area contributed by atoms with E-state index in [4.69, 9.17) is 0 Å². The van der Waals surface area contributed by atoms with Crippen LogP contribution < -0.4 is 5.32 Å². The van der Waals surface area contributed by atoms with Crippen LogP contribution in [0.15, 0.2) is 29.6 Å². The molecule has 0 radical (unpaired) electrons. The van der Waals surface area contributed by atoms with Crippen LogP contribution >= 0.6 is 11.3 Å². The number of hydrogen-bond acceptors (Lipinski definition) is 3. The van der Waals surface area contributed by atoms with Crippen molar-refractivity contribution in [1.29, 1.82) is 0 Å². The molecule has 1 aromatic carbocycles. The predicted octanol–water partition coefficient (Wildman–Crippen LogP) is 1.83. The molecule has 1 aromatic heterocycles. The van der Waals surface area contributed by atoms with Crippen molar-refractivity contribution in [2.24, 2.45) is 0 Å². The smallest absolute Gasteiger partial charge is 0.236 e. The van der Waals surface area contributed by atoms with Crippen molar-refractivity contribution in [3.63, 3.8) is 0 Å². The molecule has 3 nitrogen and oxygen atoms in total. The first kappa shape index (κ1) is 10.7. The lowest BCUT2D eigenvalue weighted by molar-refractivity contribution is -0.132. The van der Waals surface area contributed by atoms with Crippen molar-refractivity contribution in [3.05, 3.63) is 35.2 Å². The van der Waals surface area contributed by atoms with Gasteiger partial charge in [0.2, 0.25) is 5.91 Å². The summed E-state index contributed by atoms with van der Waals surface area (Å²) >= 11 is 1.75. The van der Waals surface area contributed by atoms with Crippen molar-refractivity contribution >= 4 is 27.3 Å². The highest BCUT2D eigenvalue weighted by Crippen LogP contribution is 2.26. The summed E-state index contributed by atoms with van der Waals surface area (Å²) in [5.74, 6) is 0.200. The highest BCUT2D eigenvalue weighted by molar-refractivity contribution is 7.17. The number of nitrogens with zero attached hydrogens (tertiary/aromatic N) is 1. The first-order valence-corrected chi connectivity index (χ1v) is 6.66. The van der Waals surface area contributed by atoms with Crippen LogP contribution in [0.4, 0.5) is 0 Å². The lowest BCUT2D eigenvalue weighted by Crippen LogP contribution is -2.47. The molecule has 3 rings (SSSR count). The molecular formula is C13H14N2OS. The fourth-order valence-corrected chi connectivity index (χ4v) is 3.13. The van der Waals surface area contributed by atoms with E-state index in [1.807, 2.05) is 4.90 Å². The van der Waals surface area contributed by atoms with Gasteiger partial charge in [-0.3, -0.25) is 4.79 Å². The summed E-state index contributed by atoms with van der Waals surface area (Å²) in [6.07, 6.45) is 0. The average molecular weight is 246 g/mol. The zero-order valence-corrected chi connectivity index (χ0v) is 10.3. The van der Waals surface area contributed by atoms with Gasteiger partial charge in [-0.1, -0.05) is 18.2 Å². The van der Waals surface area contributed by atoms with Gasteiger partial charge in [0.05, 0.1) is 6.54 Å². The van der Waals surface area contributed by atoms with E-state index in [-0.39, 0.29) is 5.91 Å². The minimum Gasteiger partial charge on any atom is -0.336 e. The highest BCUT2D eigenvalue weighted by atomic mass is 32.1. The maximum Gasteiger partial charge on any atom is 0.236 e. The summed E-state index contributed by atoms with van der Waals surface area (Å²) in [6.45, 7) is 2.92. The minimum absolute atomic E-state index is 0.200. The monoisotopic (exact) mass is 246 g/mol. The number of nitrogens with one attached hydrogen (secondary N) is 1. The number of piperazine rings is 1. The molecule has 2 aromatic rings. The number of rotatable bonds is 2. The van der Waals surface area contributed by atoms with E-state index in [9.17, 15) is 4.79 Å². The molecule has 1 aliphatic heterocycles. The lowest BCUT2D eigenvalue weighted by Gasteiger charge is -2.27. The second-order valence-electron chi connectivity index (χ2n) is 4.25. The quantitative estimate of drug-likeness (QED) is 0.877. The van der Waals surface area contributed by atoms with Crippen LogP contribution in [0.2, 0.25) is 0 Å². The summed E-state index contributed by atoms with van der Waals surface area (Å²) in [6, 6.07) is 8.37. The molecule has 0 atom stereocenters.